The Balaban J connectivity index is 1.71. The minimum absolute atomic E-state index is 0.290. The van der Waals surface area contributed by atoms with Gasteiger partial charge in [0, 0.05) is 19.2 Å². The molecule has 2 aromatic rings. The SMILES string of the molecule is CC1OCCC1NCc1cnc2ccccc2n1. The molecule has 0 radical (unpaired) electrons. The Labute approximate surface area is 106 Å². The van der Waals surface area contributed by atoms with Gasteiger partial charge in [0.05, 0.1) is 29.0 Å². The molecule has 2 unspecified atom stereocenters. The number of fused-ring (bicyclic) bond motifs is 1. The normalized spacial score (nSPS) is 23.6. The van der Waals surface area contributed by atoms with Crippen LogP contribution in [0.2, 0.25) is 0 Å². The van der Waals surface area contributed by atoms with E-state index < -0.39 is 0 Å². The second-order valence-corrected chi connectivity index (χ2v) is 4.70. The average molecular weight is 243 g/mol. The van der Waals surface area contributed by atoms with Crippen LogP contribution in [0.15, 0.2) is 30.5 Å². The third-order valence-electron chi connectivity index (χ3n) is 3.42. The van der Waals surface area contributed by atoms with Crippen LogP contribution in [-0.2, 0) is 11.3 Å². The van der Waals surface area contributed by atoms with Gasteiger partial charge in [-0.05, 0) is 25.5 Å². The second kappa shape index (κ2) is 5.00. The summed E-state index contributed by atoms with van der Waals surface area (Å²) in [5.41, 5.74) is 2.87. The number of aromatic nitrogens is 2. The van der Waals surface area contributed by atoms with Gasteiger partial charge in [-0.3, -0.25) is 4.98 Å². The monoisotopic (exact) mass is 243 g/mol. The van der Waals surface area contributed by atoms with E-state index in [4.69, 9.17) is 4.74 Å². The van der Waals surface area contributed by atoms with Crippen LogP contribution in [0.25, 0.3) is 11.0 Å². The van der Waals surface area contributed by atoms with Crippen molar-refractivity contribution in [3.05, 3.63) is 36.2 Å². The highest BCUT2D eigenvalue weighted by Crippen LogP contribution is 2.13. The van der Waals surface area contributed by atoms with Gasteiger partial charge in [0.25, 0.3) is 0 Å². The van der Waals surface area contributed by atoms with Gasteiger partial charge in [-0.1, -0.05) is 12.1 Å². The molecule has 0 amide bonds. The van der Waals surface area contributed by atoms with Crippen molar-refractivity contribution in [2.24, 2.45) is 0 Å². The lowest BCUT2D eigenvalue weighted by Crippen LogP contribution is -2.34. The number of hydrogen-bond acceptors (Lipinski definition) is 4. The molecule has 4 heteroatoms. The van der Waals surface area contributed by atoms with Gasteiger partial charge in [-0.25, -0.2) is 4.98 Å². The van der Waals surface area contributed by atoms with Gasteiger partial charge in [-0.2, -0.15) is 0 Å². The average Bonchev–Trinajstić information content (AvgIpc) is 2.82. The molecule has 0 aliphatic carbocycles. The summed E-state index contributed by atoms with van der Waals surface area (Å²) >= 11 is 0. The molecule has 0 spiro atoms. The molecule has 2 heterocycles. The van der Waals surface area contributed by atoms with Crippen LogP contribution in [-0.4, -0.2) is 28.7 Å². The molecule has 1 aliphatic heterocycles. The smallest absolute Gasteiger partial charge is 0.0890 e. The topological polar surface area (TPSA) is 47.0 Å². The molecule has 1 saturated heterocycles. The van der Waals surface area contributed by atoms with E-state index in [1.54, 1.807) is 0 Å². The van der Waals surface area contributed by atoms with E-state index in [0.29, 0.717) is 12.1 Å². The molecule has 0 bridgehead atoms. The van der Waals surface area contributed by atoms with E-state index in [0.717, 1.165) is 36.3 Å². The van der Waals surface area contributed by atoms with Gasteiger partial charge in [-0.15, -0.1) is 0 Å². The standard InChI is InChI=1S/C14H17N3O/c1-10-12(6-7-18-10)15-8-11-9-16-13-4-2-3-5-14(13)17-11/h2-5,9-10,12,15H,6-8H2,1H3. The second-order valence-electron chi connectivity index (χ2n) is 4.70. The molecular weight excluding hydrogens is 226 g/mol. The fourth-order valence-corrected chi connectivity index (χ4v) is 2.32. The first kappa shape index (κ1) is 11.6. The summed E-state index contributed by atoms with van der Waals surface area (Å²) in [7, 11) is 0. The maximum absolute atomic E-state index is 5.53. The molecule has 1 aromatic heterocycles. The third-order valence-corrected chi connectivity index (χ3v) is 3.42. The molecule has 94 valence electrons. The lowest BCUT2D eigenvalue weighted by Gasteiger charge is -2.15. The summed E-state index contributed by atoms with van der Waals surface area (Å²) in [6.07, 6.45) is 3.20. The molecule has 18 heavy (non-hydrogen) atoms. The summed E-state index contributed by atoms with van der Waals surface area (Å²) in [4.78, 5) is 9.01. The first-order chi connectivity index (χ1) is 8.83. The number of nitrogens with zero attached hydrogens (tertiary/aromatic N) is 2. The Hall–Kier alpha value is -1.52. The van der Waals surface area contributed by atoms with Crippen LogP contribution in [0.1, 0.15) is 19.0 Å². The summed E-state index contributed by atoms with van der Waals surface area (Å²) < 4.78 is 5.53. The van der Waals surface area contributed by atoms with Crippen LogP contribution in [0, 0.1) is 0 Å². The van der Waals surface area contributed by atoms with E-state index >= 15 is 0 Å². The fourth-order valence-electron chi connectivity index (χ4n) is 2.32. The maximum atomic E-state index is 5.53. The maximum Gasteiger partial charge on any atom is 0.0890 e. The molecule has 0 saturated carbocycles. The summed E-state index contributed by atoms with van der Waals surface area (Å²) in [5, 5.41) is 3.48. The lowest BCUT2D eigenvalue weighted by molar-refractivity contribution is 0.113. The van der Waals surface area contributed by atoms with Crippen molar-refractivity contribution in [1.82, 2.24) is 15.3 Å². The van der Waals surface area contributed by atoms with E-state index in [1.165, 1.54) is 0 Å². The van der Waals surface area contributed by atoms with Crippen LogP contribution in [0.3, 0.4) is 0 Å². The van der Waals surface area contributed by atoms with Crippen molar-refractivity contribution in [3.63, 3.8) is 0 Å². The Morgan fingerprint density at radius 2 is 2.17 bits per heavy atom. The van der Waals surface area contributed by atoms with Gasteiger partial charge in [0.1, 0.15) is 0 Å². The van der Waals surface area contributed by atoms with E-state index in [1.807, 2.05) is 30.5 Å². The molecule has 3 rings (SSSR count). The van der Waals surface area contributed by atoms with Crippen molar-refractivity contribution in [2.75, 3.05) is 6.61 Å². The van der Waals surface area contributed by atoms with Crippen LogP contribution < -0.4 is 5.32 Å². The summed E-state index contributed by atoms with van der Waals surface area (Å²) in [5.74, 6) is 0. The molecular formula is C14H17N3O. The van der Waals surface area contributed by atoms with Gasteiger partial charge >= 0.3 is 0 Å². The van der Waals surface area contributed by atoms with Crippen molar-refractivity contribution in [3.8, 4) is 0 Å². The molecule has 1 fully saturated rings. The predicted molar refractivity (Wildman–Crippen MR) is 70.2 cm³/mol. The predicted octanol–water partition coefficient (Wildman–Crippen LogP) is 1.90. The first-order valence-corrected chi connectivity index (χ1v) is 6.38. The fraction of sp³-hybridized carbons (Fsp3) is 0.429. The zero-order chi connectivity index (χ0) is 12.4. The van der Waals surface area contributed by atoms with E-state index in [-0.39, 0.29) is 0 Å². The van der Waals surface area contributed by atoms with Crippen LogP contribution >= 0.6 is 0 Å². The highest BCUT2D eigenvalue weighted by molar-refractivity contribution is 5.73. The first-order valence-electron chi connectivity index (χ1n) is 6.38. The Bertz CT molecular complexity index is 543. The van der Waals surface area contributed by atoms with Crippen molar-refractivity contribution in [2.45, 2.75) is 32.0 Å². The van der Waals surface area contributed by atoms with Gasteiger partial charge in [0.2, 0.25) is 0 Å². The zero-order valence-electron chi connectivity index (χ0n) is 10.5. The zero-order valence-corrected chi connectivity index (χ0v) is 10.5. The van der Waals surface area contributed by atoms with E-state index in [2.05, 4.69) is 22.2 Å². The minimum Gasteiger partial charge on any atom is -0.377 e. The number of nitrogens with one attached hydrogen (secondary N) is 1. The largest absolute Gasteiger partial charge is 0.377 e. The Morgan fingerprint density at radius 3 is 2.94 bits per heavy atom. The van der Waals surface area contributed by atoms with Crippen LogP contribution in [0.5, 0.6) is 0 Å². The number of hydrogen-bond donors (Lipinski definition) is 1. The highest BCUT2D eigenvalue weighted by atomic mass is 16.5. The molecule has 4 nitrogen and oxygen atoms in total. The highest BCUT2D eigenvalue weighted by Gasteiger charge is 2.23. The van der Waals surface area contributed by atoms with Gasteiger partial charge in [0.15, 0.2) is 0 Å². The number of rotatable bonds is 3. The van der Waals surface area contributed by atoms with Crippen molar-refractivity contribution in [1.29, 1.82) is 0 Å². The molecule has 1 aromatic carbocycles. The molecule has 1 N–H and O–H groups in total. The summed E-state index contributed by atoms with van der Waals surface area (Å²) in [6.45, 7) is 3.70. The lowest BCUT2D eigenvalue weighted by atomic mass is 10.1. The number of benzene rings is 1. The molecule has 1 aliphatic rings. The molecule has 2 atom stereocenters. The number of para-hydroxylation sites is 2. The van der Waals surface area contributed by atoms with Crippen molar-refractivity contribution >= 4 is 11.0 Å². The van der Waals surface area contributed by atoms with E-state index in [9.17, 15) is 0 Å². The number of ether oxygens (including phenoxy) is 1. The minimum atomic E-state index is 0.290. The Kier molecular flexibility index (Phi) is 3.21. The van der Waals surface area contributed by atoms with Crippen LogP contribution in [0.4, 0.5) is 0 Å². The summed E-state index contributed by atoms with van der Waals surface area (Å²) in [6, 6.07) is 8.37. The third kappa shape index (κ3) is 2.35. The van der Waals surface area contributed by atoms with Crippen molar-refractivity contribution < 1.29 is 4.74 Å². The quantitative estimate of drug-likeness (QED) is 0.894. The Morgan fingerprint density at radius 1 is 1.33 bits per heavy atom. The van der Waals surface area contributed by atoms with Gasteiger partial charge < -0.3 is 10.1 Å².